The van der Waals surface area contributed by atoms with E-state index in [0.717, 1.165) is 0 Å². The number of aryl methyl sites for hydroxylation is 1. The second-order valence-electron chi connectivity index (χ2n) is 4.26. The number of amides is 1. The normalized spacial score (nSPS) is 16.9. The molecule has 1 aliphatic carbocycles. The molecule has 5 nitrogen and oxygen atoms in total. The molecule has 1 N–H and O–H groups in total. The van der Waals surface area contributed by atoms with Crippen molar-refractivity contribution in [2.75, 3.05) is 6.61 Å². The van der Waals surface area contributed by atoms with Gasteiger partial charge in [-0.1, -0.05) is 0 Å². The summed E-state index contributed by atoms with van der Waals surface area (Å²) in [5, 5.41) is 6.53. The van der Waals surface area contributed by atoms with Gasteiger partial charge in [-0.2, -0.15) is 0 Å². The van der Waals surface area contributed by atoms with Gasteiger partial charge in [0.2, 0.25) is 0 Å². The van der Waals surface area contributed by atoms with Crippen LogP contribution >= 0.6 is 0 Å². The summed E-state index contributed by atoms with van der Waals surface area (Å²) in [4.78, 5) is 11.5. The number of rotatable bonds is 5. The van der Waals surface area contributed by atoms with Crippen LogP contribution in [0.3, 0.4) is 0 Å². The topological polar surface area (TPSA) is 64.4 Å². The van der Waals surface area contributed by atoms with Crippen molar-refractivity contribution in [3.05, 3.63) is 11.8 Å². The number of carbonyl (C=O) groups is 1. The van der Waals surface area contributed by atoms with E-state index in [9.17, 15) is 4.79 Å². The summed E-state index contributed by atoms with van der Waals surface area (Å²) >= 11 is 0. The van der Waals surface area contributed by atoms with Gasteiger partial charge in [-0.15, -0.1) is 0 Å². The highest BCUT2D eigenvalue weighted by molar-refractivity contribution is 5.77. The SMILES string of the molecule is Cc1cc(OCC(=O)NC(C)C2CC2)no1. The number of aromatic nitrogens is 1. The van der Waals surface area contributed by atoms with Crippen molar-refractivity contribution in [3.8, 4) is 5.88 Å². The molecular formula is C11H16N2O3. The van der Waals surface area contributed by atoms with E-state index in [1.165, 1.54) is 12.8 Å². The zero-order valence-electron chi connectivity index (χ0n) is 9.53. The van der Waals surface area contributed by atoms with E-state index in [-0.39, 0.29) is 18.6 Å². The highest BCUT2D eigenvalue weighted by Crippen LogP contribution is 2.32. The fourth-order valence-corrected chi connectivity index (χ4v) is 1.56. The maximum Gasteiger partial charge on any atom is 0.258 e. The lowest BCUT2D eigenvalue weighted by atomic mass is 10.2. The molecule has 0 aromatic carbocycles. The lowest BCUT2D eigenvalue weighted by Crippen LogP contribution is -2.37. The summed E-state index contributed by atoms with van der Waals surface area (Å²) in [5.41, 5.74) is 0. The maximum atomic E-state index is 11.5. The first-order valence-corrected chi connectivity index (χ1v) is 5.50. The monoisotopic (exact) mass is 224 g/mol. The number of hydrogen-bond acceptors (Lipinski definition) is 4. The van der Waals surface area contributed by atoms with Crippen LogP contribution in [0.25, 0.3) is 0 Å². The van der Waals surface area contributed by atoms with Crippen molar-refractivity contribution >= 4 is 5.91 Å². The third-order valence-corrected chi connectivity index (χ3v) is 2.68. The van der Waals surface area contributed by atoms with E-state index in [1.807, 2.05) is 6.92 Å². The Morgan fingerprint density at radius 2 is 2.50 bits per heavy atom. The molecule has 0 spiro atoms. The molecule has 88 valence electrons. The lowest BCUT2D eigenvalue weighted by molar-refractivity contribution is -0.123. The zero-order valence-corrected chi connectivity index (χ0v) is 9.53. The molecule has 2 rings (SSSR count). The van der Waals surface area contributed by atoms with Gasteiger partial charge in [0.05, 0.1) is 0 Å². The molecule has 0 saturated heterocycles. The highest BCUT2D eigenvalue weighted by atomic mass is 16.5. The Morgan fingerprint density at radius 3 is 3.06 bits per heavy atom. The number of carbonyl (C=O) groups excluding carboxylic acids is 1. The van der Waals surface area contributed by atoms with Gasteiger partial charge in [0.1, 0.15) is 5.76 Å². The van der Waals surface area contributed by atoms with Crippen molar-refractivity contribution in [3.63, 3.8) is 0 Å². The number of nitrogens with zero attached hydrogens (tertiary/aromatic N) is 1. The summed E-state index contributed by atoms with van der Waals surface area (Å²) in [6.07, 6.45) is 2.43. The maximum absolute atomic E-state index is 11.5. The van der Waals surface area contributed by atoms with Crippen molar-refractivity contribution in [2.24, 2.45) is 5.92 Å². The van der Waals surface area contributed by atoms with Gasteiger partial charge >= 0.3 is 0 Å². The summed E-state index contributed by atoms with van der Waals surface area (Å²) in [7, 11) is 0. The quantitative estimate of drug-likeness (QED) is 0.818. The first-order valence-electron chi connectivity index (χ1n) is 5.50. The largest absolute Gasteiger partial charge is 0.465 e. The molecular weight excluding hydrogens is 208 g/mol. The molecule has 1 saturated carbocycles. The van der Waals surface area contributed by atoms with Gasteiger partial charge in [0.15, 0.2) is 6.61 Å². The van der Waals surface area contributed by atoms with Crippen LogP contribution in [-0.2, 0) is 4.79 Å². The van der Waals surface area contributed by atoms with Gasteiger partial charge in [-0.3, -0.25) is 4.79 Å². The van der Waals surface area contributed by atoms with E-state index in [2.05, 4.69) is 10.5 Å². The molecule has 1 atom stereocenters. The Kier molecular flexibility index (Phi) is 3.12. The predicted octanol–water partition coefficient (Wildman–Crippen LogP) is 1.28. The number of hydrogen-bond donors (Lipinski definition) is 1. The molecule has 1 aromatic rings. The minimum Gasteiger partial charge on any atom is -0.465 e. The van der Waals surface area contributed by atoms with E-state index < -0.39 is 0 Å². The van der Waals surface area contributed by atoms with Crippen molar-refractivity contribution in [1.82, 2.24) is 10.5 Å². The van der Waals surface area contributed by atoms with E-state index in [1.54, 1.807) is 13.0 Å². The van der Waals surface area contributed by atoms with Crippen LogP contribution in [0.1, 0.15) is 25.5 Å². The molecule has 1 aromatic heterocycles. The van der Waals surface area contributed by atoms with Crippen LogP contribution in [0, 0.1) is 12.8 Å². The van der Waals surface area contributed by atoms with Crippen molar-refractivity contribution in [1.29, 1.82) is 0 Å². The second kappa shape index (κ2) is 4.55. The molecule has 0 radical (unpaired) electrons. The van der Waals surface area contributed by atoms with Gasteiger partial charge in [-0.25, -0.2) is 0 Å². The number of ether oxygens (including phenoxy) is 1. The second-order valence-corrected chi connectivity index (χ2v) is 4.26. The Hall–Kier alpha value is -1.52. The van der Waals surface area contributed by atoms with Crippen molar-refractivity contribution < 1.29 is 14.1 Å². The minimum atomic E-state index is -0.111. The first kappa shape index (κ1) is 11.0. The fourth-order valence-electron chi connectivity index (χ4n) is 1.56. The first-order chi connectivity index (χ1) is 7.65. The zero-order chi connectivity index (χ0) is 11.5. The number of nitrogens with one attached hydrogen (secondary N) is 1. The van der Waals surface area contributed by atoms with Gasteiger partial charge in [0, 0.05) is 12.1 Å². The average molecular weight is 224 g/mol. The molecule has 1 unspecified atom stereocenters. The van der Waals surface area contributed by atoms with Gasteiger partial charge < -0.3 is 14.6 Å². The van der Waals surface area contributed by atoms with E-state index in [0.29, 0.717) is 17.6 Å². The molecule has 1 fully saturated rings. The smallest absolute Gasteiger partial charge is 0.258 e. The minimum absolute atomic E-state index is 0.0109. The Labute approximate surface area is 94.1 Å². The standard InChI is InChI=1S/C11H16N2O3/c1-7-5-11(13-16-7)15-6-10(14)12-8(2)9-3-4-9/h5,8-9H,3-4,6H2,1-2H3,(H,12,14). The molecule has 16 heavy (non-hydrogen) atoms. The van der Waals surface area contributed by atoms with Crippen LogP contribution < -0.4 is 10.1 Å². The Bertz CT molecular complexity index is 371. The van der Waals surface area contributed by atoms with Crippen LogP contribution in [0.2, 0.25) is 0 Å². The molecule has 1 aliphatic rings. The van der Waals surface area contributed by atoms with Crippen LogP contribution in [0.15, 0.2) is 10.6 Å². The molecule has 5 heteroatoms. The Balaban J connectivity index is 1.70. The third-order valence-electron chi connectivity index (χ3n) is 2.68. The average Bonchev–Trinajstić information content (AvgIpc) is 3.00. The molecule has 0 bridgehead atoms. The summed E-state index contributed by atoms with van der Waals surface area (Å²) in [6.45, 7) is 3.79. The summed E-state index contributed by atoms with van der Waals surface area (Å²) < 4.78 is 9.99. The van der Waals surface area contributed by atoms with Gasteiger partial charge in [0.25, 0.3) is 11.8 Å². The van der Waals surface area contributed by atoms with E-state index >= 15 is 0 Å². The van der Waals surface area contributed by atoms with Crippen LogP contribution in [-0.4, -0.2) is 23.7 Å². The lowest BCUT2D eigenvalue weighted by Gasteiger charge is -2.12. The van der Waals surface area contributed by atoms with Crippen LogP contribution in [0.4, 0.5) is 0 Å². The Morgan fingerprint density at radius 1 is 1.75 bits per heavy atom. The highest BCUT2D eigenvalue weighted by Gasteiger charge is 2.28. The summed E-state index contributed by atoms with van der Waals surface area (Å²) in [5.74, 6) is 1.56. The third kappa shape index (κ3) is 2.98. The van der Waals surface area contributed by atoms with E-state index in [4.69, 9.17) is 9.26 Å². The fraction of sp³-hybridized carbons (Fsp3) is 0.636. The summed E-state index contributed by atoms with van der Waals surface area (Å²) in [6, 6.07) is 1.90. The van der Waals surface area contributed by atoms with Gasteiger partial charge in [-0.05, 0) is 37.8 Å². The molecule has 1 amide bonds. The molecule has 0 aliphatic heterocycles. The predicted molar refractivity (Wildman–Crippen MR) is 57.1 cm³/mol. The molecule has 1 heterocycles. The van der Waals surface area contributed by atoms with Crippen LogP contribution in [0.5, 0.6) is 5.88 Å². The van der Waals surface area contributed by atoms with Crippen molar-refractivity contribution in [2.45, 2.75) is 32.7 Å².